The van der Waals surface area contributed by atoms with Crippen LogP contribution in [0.2, 0.25) is 0 Å². The molecule has 0 radical (unpaired) electrons. The number of hydrogen-bond acceptors (Lipinski definition) is 5. The van der Waals surface area contributed by atoms with Gasteiger partial charge >= 0.3 is 6.03 Å². The number of carbonyl (C=O) groups excluding carboxylic acids is 2. The molecule has 1 aromatic heterocycles. The second-order valence-electron chi connectivity index (χ2n) is 4.38. The number of nitrogens with one attached hydrogen (secondary N) is 2. The third kappa shape index (κ3) is 3.95. The first-order valence-electron chi connectivity index (χ1n) is 5.50. The number of hydrogen-bond donors (Lipinski definition) is 2. The van der Waals surface area contributed by atoms with Crippen molar-refractivity contribution in [2.75, 3.05) is 26.0 Å². The van der Waals surface area contributed by atoms with Crippen LogP contribution in [0.5, 0.6) is 0 Å². The predicted octanol–water partition coefficient (Wildman–Crippen LogP) is 1.02. The molecule has 0 saturated carbocycles. The Morgan fingerprint density at radius 1 is 1.39 bits per heavy atom. The first-order chi connectivity index (χ1) is 8.41. The molecular formula is C10H17N5O2S. The van der Waals surface area contributed by atoms with Gasteiger partial charge in [-0.15, -0.1) is 5.10 Å². The molecule has 8 heteroatoms. The maximum atomic E-state index is 11.8. The minimum atomic E-state index is -0.327. The SMILES string of the molecule is CC(C)CNC(=O)c1nnsc1NC(=O)N(C)C. The smallest absolute Gasteiger partial charge is 0.322 e. The Kier molecular flexibility index (Phi) is 5.02. The summed E-state index contributed by atoms with van der Waals surface area (Å²) in [5, 5.41) is 9.39. The number of amides is 3. The van der Waals surface area contributed by atoms with Crippen LogP contribution in [0, 0.1) is 5.92 Å². The second-order valence-corrected chi connectivity index (χ2v) is 5.13. The van der Waals surface area contributed by atoms with Crippen molar-refractivity contribution in [1.29, 1.82) is 0 Å². The van der Waals surface area contributed by atoms with E-state index in [1.165, 1.54) is 4.90 Å². The first kappa shape index (κ1) is 14.4. The number of aromatic nitrogens is 2. The first-order valence-corrected chi connectivity index (χ1v) is 6.28. The van der Waals surface area contributed by atoms with Gasteiger partial charge < -0.3 is 10.2 Å². The molecule has 0 spiro atoms. The molecule has 2 N–H and O–H groups in total. The van der Waals surface area contributed by atoms with Gasteiger partial charge in [-0.2, -0.15) is 0 Å². The summed E-state index contributed by atoms with van der Waals surface area (Å²) in [6.45, 7) is 4.54. The van der Waals surface area contributed by atoms with Crippen molar-refractivity contribution in [3.63, 3.8) is 0 Å². The number of anilines is 1. The third-order valence-corrected chi connectivity index (χ3v) is 2.64. The molecule has 0 bridgehead atoms. The molecule has 100 valence electrons. The van der Waals surface area contributed by atoms with Gasteiger partial charge in [0, 0.05) is 32.2 Å². The summed E-state index contributed by atoms with van der Waals surface area (Å²) in [5.41, 5.74) is 0.149. The highest BCUT2D eigenvalue weighted by Gasteiger charge is 2.18. The van der Waals surface area contributed by atoms with E-state index in [1.807, 2.05) is 13.8 Å². The summed E-state index contributed by atoms with van der Waals surface area (Å²) in [6, 6.07) is -0.320. The largest absolute Gasteiger partial charge is 0.350 e. The van der Waals surface area contributed by atoms with Crippen molar-refractivity contribution in [3.8, 4) is 0 Å². The molecule has 0 unspecified atom stereocenters. The lowest BCUT2D eigenvalue weighted by atomic mass is 10.2. The zero-order valence-corrected chi connectivity index (χ0v) is 11.7. The molecule has 0 aliphatic carbocycles. The quantitative estimate of drug-likeness (QED) is 0.855. The molecule has 18 heavy (non-hydrogen) atoms. The van der Waals surface area contributed by atoms with E-state index in [-0.39, 0.29) is 17.6 Å². The van der Waals surface area contributed by atoms with E-state index in [9.17, 15) is 9.59 Å². The average molecular weight is 271 g/mol. The van der Waals surface area contributed by atoms with Gasteiger partial charge in [-0.25, -0.2) is 4.79 Å². The lowest BCUT2D eigenvalue weighted by molar-refractivity contribution is 0.0945. The van der Waals surface area contributed by atoms with Gasteiger partial charge in [0.05, 0.1) is 0 Å². The molecule has 0 saturated heterocycles. The van der Waals surface area contributed by atoms with E-state index < -0.39 is 0 Å². The standard InChI is InChI=1S/C10H17N5O2S/c1-6(2)5-11-8(16)7-9(18-14-13-7)12-10(17)15(3)4/h6H,5H2,1-4H3,(H,11,16)(H,12,17). The third-order valence-electron chi connectivity index (χ3n) is 2.00. The molecule has 0 aliphatic heterocycles. The van der Waals surface area contributed by atoms with Gasteiger partial charge in [0.1, 0.15) is 0 Å². The van der Waals surface area contributed by atoms with Gasteiger partial charge in [0.15, 0.2) is 10.7 Å². The van der Waals surface area contributed by atoms with E-state index >= 15 is 0 Å². The van der Waals surface area contributed by atoms with Crippen LogP contribution in [0.4, 0.5) is 9.80 Å². The fourth-order valence-corrected chi connectivity index (χ4v) is 1.57. The molecule has 0 aromatic carbocycles. The Balaban J connectivity index is 2.70. The van der Waals surface area contributed by atoms with Crippen molar-refractivity contribution in [2.24, 2.45) is 5.92 Å². The second kappa shape index (κ2) is 6.29. The fourth-order valence-electron chi connectivity index (χ4n) is 1.01. The normalized spacial score (nSPS) is 10.3. The minimum absolute atomic E-state index is 0.149. The van der Waals surface area contributed by atoms with E-state index in [2.05, 4.69) is 20.2 Å². The van der Waals surface area contributed by atoms with E-state index in [1.54, 1.807) is 14.1 Å². The monoisotopic (exact) mass is 271 g/mol. The summed E-state index contributed by atoms with van der Waals surface area (Å²) in [7, 11) is 3.23. The molecule has 0 atom stereocenters. The Labute approximate surface area is 110 Å². The lowest BCUT2D eigenvalue weighted by Gasteiger charge is -2.11. The summed E-state index contributed by atoms with van der Waals surface area (Å²) in [6.07, 6.45) is 0. The molecule has 1 heterocycles. The number of carbonyl (C=O) groups is 2. The zero-order chi connectivity index (χ0) is 13.7. The van der Waals surface area contributed by atoms with Gasteiger partial charge in [-0.1, -0.05) is 18.3 Å². The Bertz CT molecular complexity index is 430. The van der Waals surface area contributed by atoms with Crippen LogP contribution in [0.25, 0.3) is 0 Å². The van der Waals surface area contributed by atoms with Crippen molar-refractivity contribution < 1.29 is 9.59 Å². The molecule has 1 rings (SSSR count). The van der Waals surface area contributed by atoms with E-state index in [4.69, 9.17) is 0 Å². The topological polar surface area (TPSA) is 87.2 Å². The molecule has 1 aromatic rings. The summed E-state index contributed by atoms with van der Waals surface area (Å²) in [5.74, 6) is 0.0202. The van der Waals surface area contributed by atoms with E-state index in [0.717, 1.165) is 11.5 Å². The van der Waals surface area contributed by atoms with Crippen LogP contribution in [0.15, 0.2) is 0 Å². The molecule has 7 nitrogen and oxygen atoms in total. The Morgan fingerprint density at radius 3 is 2.61 bits per heavy atom. The minimum Gasteiger partial charge on any atom is -0.350 e. The highest BCUT2D eigenvalue weighted by molar-refractivity contribution is 7.10. The van der Waals surface area contributed by atoms with Crippen molar-refractivity contribution in [2.45, 2.75) is 13.8 Å². The lowest BCUT2D eigenvalue weighted by Crippen LogP contribution is -2.30. The van der Waals surface area contributed by atoms with Gasteiger partial charge in [0.25, 0.3) is 5.91 Å². The van der Waals surface area contributed by atoms with Crippen molar-refractivity contribution in [1.82, 2.24) is 19.8 Å². The Morgan fingerprint density at radius 2 is 2.06 bits per heavy atom. The number of rotatable bonds is 4. The van der Waals surface area contributed by atoms with Crippen LogP contribution in [-0.2, 0) is 0 Å². The summed E-state index contributed by atoms with van der Waals surface area (Å²) in [4.78, 5) is 24.7. The maximum Gasteiger partial charge on any atom is 0.322 e. The van der Waals surface area contributed by atoms with Crippen molar-refractivity contribution >= 4 is 28.5 Å². The van der Waals surface area contributed by atoms with Crippen LogP contribution in [-0.4, -0.2) is 47.1 Å². The number of nitrogens with zero attached hydrogens (tertiary/aromatic N) is 3. The van der Waals surface area contributed by atoms with Gasteiger partial charge in [-0.05, 0) is 5.92 Å². The van der Waals surface area contributed by atoms with E-state index in [0.29, 0.717) is 17.5 Å². The van der Waals surface area contributed by atoms with Crippen molar-refractivity contribution in [3.05, 3.63) is 5.69 Å². The fraction of sp³-hybridized carbons (Fsp3) is 0.600. The summed E-state index contributed by atoms with van der Waals surface area (Å²) >= 11 is 0.977. The van der Waals surface area contributed by atoms with Crippen LogP contribution in [0.1, 0.15) is 24.3 Å². The number of urea groups is 1. The highest BCUT2D eigenvalue weighted by atomic mass is 32.1. The molecule has 0 fully saturated rings. The van der Waals surface area contributed by atoms with Gasteiger partial charge in [-0.3, -0.25) is 10.1 Å². The molecule has 0 aliphatic rings. The Hall–Kier alpha value is -1.70. The average Bonchev–Trinajstić information content (AvgIpc) is 2.73. The molecule has 3 amide bonds. The zero-order valence-electron chi connectivity index (χ0n) is 10.9. The van der Waals surface area contributed by atoms with Crippen LogP contribution < -0.4 is 10.6 Å². The summed E-state index contributed by atoms with van der Waals surface area (Å²) < 4.78 is 3.68. The predicted molar refractivity (Wildman–Crippen MR) is 69.8 cm³/mol. The highest BCUT2D eigenvalue weighted by Crippen LogP contribution is 2.17. The molecular weight excluding hydrogens is 254 g/mol. The van der Waals surface area contributed by atoms with Crippen LogP contribution >= 0.6 is 11.5 Å². The van der Waals surface area contributed by atoms with Crippen LogP contribution in [0.3, 0.4) is 0 Å². The maximum absolute atomic E-state index is 11.8. The van der Waals surface area contributed by atoms with Gasteiger partial charge in [0.2, 0.25) is 0 Å².